The van der Waals surface area contributed by atoms with Crippen molar-refractivity contribution < 1.29 is 9.53 Å². The molecule has 0 amide bonds. The van der Waals surface area contributed by atoms with Crippen molar-refractivity contribution in [3.05, 3.63) is 0 Å². The molecule has 1 aliphatic heterocycles. The molecule has 2 N–H and O–H groups in total. The second-order valence-corrected chi connectivity index (χ2v) is 4.97. The fourth-order valence-corrected chi connectivity index (χ4v) is 2.75. The summed E-state index contributed by atoms with van der Waals surface area (Å²) >= 11 is 0. The van der Waals surface area contributed by atoms with Gasteiger partial charge >= 0.3 is 0 Å². The van der Waals surface area contributed by atoms with Crippen LogP contribution in [0.25, 0.3) is 0 Å². The highest BCUT2D eigenvalue weighted by Gasteiger charge is 2.39. The molecular formula is C12H21NO2. The smallest absolute Gasteiger partial charge is 0.155 e. The van der Waals surface area contributed by atoms with Crippen LogP contribution in [0.3, 0.4) is 0 Å². The lowest BCUT2D eigenvalue weighted by Gasteiger charge is -2.35. The summed E-state index contributed by atoms with van der Waals surface area (Å²) in [6.45, 7) is 1.30. The van der Waals surface area contributed by atoms with E-state index in [-0.39, 0.29) is 5.92 Å². The number of nitrogens with two attached hydrogens (primary N) is 1. The van der Waals surface area contributed by atoms with Crippen molar-refractivity contribution >= 4 is 5.78 Å². The highest BCUT2D eigenvalue weighted by atomic mass is 16.5. The van der Waals surface area contributed by atoms with E-state index in [0.717, 1.165) is 12.8 Å². The van der Waals surface area contributed by atoms with E-state index in [1.54, 1.807) is 0 Å². The van der Waals surface area contributed by atoms with Gasteiger partial charge in [-0.25, -0.2) is 0 Å². The van der Waals surface area contributed by atoms with Gasteiger partial charge in [-0.3, -0.25) is 4.79 Å². The number of carbonyl (C=O) groups is 1. The van der Waals surface area contributed by atoms with Gasteiger partial charge in [0, 0.05) is 19.1 Å². The van der Waals surface area contributed by atoms with E-state index >= 15 is 0 Å². The summed E-state index contributed by atoms with van der Waals surface area (Å²) in [4.78, 5) is 12.3. The van der Waals surface area contributed by atoms with Crippen LogP contribution >= 0.6 is 0 Å². The first-order chi connectivity index (χ1) is 7.22. The maximum Gasteiger partial charge on any atom is 0.155 e. The molecule has 1 saturated carbocycles. The average Bonchev–Trinajstić information content (AvgIpc) is 2.30. The Morgan fingerprint density at radius 2 is 1.73 bits per heavy atom. The van der Waals surface area contributed by atoms with Crippen LogP contribution in [-0.4, -0.2) is 24.5 Å². The van der Waals surface area contributed by atoms with Gasteiger partial charge in [0.1, 0.15) is 0 Å². The van der Waals surface area contributed by atoms with Gasteiger partial charge in [-0.1, -0.05) is 19.3 Å². The number of ketones is 1. The van der Waals surface area contributed by atoms with Gasteiger partial charge in [0.15, 0.2) is 5.78 Å². The average molecular weight is 211 g/mol. The van der Waals surface area contributed by atoms with Gasteiger partial charge in [0.2, 0.25) is 0 Å². The maximum absolute atomic E-state index is 12.3. The summed E-state index contributed by atoms with van der Waals surface area (Å²) in [7, 11) is 0. The fourth-order valence-electron chi connectivity index (χ4n) is 2.75. The largest absolute Gasteiger partial charge is 0.381 e. The van der Waals surface area contributed by atoms with Crippen molar-refractivity contribution in [3.63, 3.8) is 0 Å². The number of hydrogen-bond acceptors (Lipinski definition) is 3. The summed E-state index contributed by atoms with van der Waals surface area (Å²) in [5, 5.41) is 0. The molecule has 2 rings (SSSR count). The molecule has 2 fully saturated rings. The van der Waals surface area contributed by atoms with Crippen LogP contribution in [-0.2, 0) is 9.53 Å². The summed E-state index contributed by atoms with van der Waals surface area (Å²) in [5.41, 5.74) is 5.63. The first kappa shape index (κ1) is 11.1. The molecule has 15 heavy (non-hydrogen) atoms. The lowest BCUT2D eigenvalue weighted by atomic mass is 9.75. The highest BCUT2D eigenvalue weighted by Crippen LogP contribution is 2.30. The number of hydrogen-bond donors (Lipinski definition) is 1. The molecule has 0 radical (unpaired) electrons. The monoisotopic (exact) mass is 211 g/mol. The molecule has 86 valence electrons. The maximum atomic E-state index is 12.3. The molecule has 0 atom stereocenters. The van der Waals surface area contributed by atoms with E-state index in [1.807, 2.05) is 0 Å². The summed E-state index contributed by atoms with van der Waals surface area (Å²) in [6.07, 6.45) is 7.21. The second-order valence-electron chi connectivity index (χ2n) is 4.97. The zero-order chi connectivity index (χ0) is 10.7. The first-order valence-corrected chi connectivity index (χ1v) is 6.13. The third-order valence-corrected chi connectivity index (χ3v) is 3.85. The summed E-state index contributed by atoms with van der Waals surface area (Å²) < 4.78 is 5.27. The molecular weight excluding hydrogens is 190 g/mol. The van der Waals surface area contributed by atoms with E-state index in [1.165, 1.54) is 19.3 Å². The lowest BCUT2D eigenvalue weighted by Crippen LogP contribution is -2.54. The van der Waals surface area contributed by atoms with Crippen LogP contribution in [0.5, 0.6) is 0 Å². The normalized spacial score (nSPS) is 27.5. The molecule has 2 aliphatic rings. The Balaban J connectivity index is 1.98. The van der Waals surface area contributed by atoms with Crippen molar-refractivity contribution in [1.82, 2.24) is 0 Å². The van der Waals surface area contributed by atoms with Crippen LogP contribution in [0.1, 0.15) is 44.9 Å². The van der Waals surface area contributed by atoms with E-state index in [0.29, 0.717) is 31.8 Å². The molecule has 3 heteroatoms. The predicted octanol–water partition coefficient (Wildman–Crippen LogP) is 1.64. The topological polar surface area (TPSA) is 52.3 Å². The standard InChI is InChI=1S/C12H21NO2/c13-12(6-8-15-9-7-12)11(14)10-4-2-1-3-5-10/h10H,1-9,13H2. The second kappa shape index (κ2) is 4.62. The minimum absolute atomic E-state index is 0.238. The number of carbonyl (C=O) groups excluding carboxylic acids is 1. The first-order valence-electron chi connectivity index (χ1n) is 6.13. The Bertz CT molecular complexity index is 228. The molecule has 1 heterocycles. The van der Waals surface area contributed by atoms with Gasteiger partial charge in [0.25, 0.3) is 0 Å². The Kier molecular flexibility index (Phi) is 3.42. The third kappa shape index (κ3) is 2.40. The lowest BCUT2D eigenvalue weighted by molar-refractivity contribution is -0.132. The van der Waals surface area contributed by atoms with Crippen LogP contribution in [0.15, 0.2) is 0 Å². The molecule has 0 aromatic carbocycles. The third-order valence-electron chi connectivity index (χ3n) is 3.85. The highest BCUT2D eigenvalue weighted by molar-refractivity contribution is 5.90. The Hall–Kier alpha value is -0.410. The van der Waals surface area contributed by atoms with Crippen LogP contribution in [0, 0.1) is 5.92 Å². The number of rotatable bonds is 2. The minimum Gasteiger partial charge on any atom is -0.381 e. The van der Waals surface area contributed by atoms with Gasteiger partial charge in [0.05, 0.1) is 5.54 Å². The molecule has 0 aromatic heterocycles. The van der Waals surface area contributed by atoms with Crippen LogP contribution < -0.4 is 5.73 Å². The van der Waals surface area contributed by atoms with E-state index < -0.39 is 5.54 Å². The SMILES string of the molecule is NC1(C(=O)C2CCCCC2)CCOCC1. The van der Waals surface area contributed by atoms with E-state index in [2.05, 4.69) is 0 Å². The number of ether oxygens (including phenoxy) is 1. The van der Waals surface area contributed by atoms with Crippen LogP contribution in [0.4, 0.5) is 0 Å². The van der Waals surface area contributed by atoms with Crippen molar-refractivity contribution in [2.75, 3.05) is 13.2 Å². The molecule has 1 saturated heterocycles. The molecule has 0 bridgehead atoms. The van der Waals surface area contributed by atoms with E-state index in [4.69, 9.17) is 10.5 Å². The molecule has 3 nitrogen and oxygen atoms in total. The molecule has 1 aliphatic carbocycles. The van der Waals surface area contributed by atoms with Crippen LogP contribution in [0.2, 0.25) is 0 Å². The Morgan fingerprint density at radius 1 is 1.13 bits per heavy atom. The van der Waals surface area contributed by atoms with Gasteiger partial charge < -0.3 is 10.5 Å². The molecule has 0 spiro atoms. The Morgan fingerprint density at radius 3 is 2.33 bits per heavy atom. The van der Waals surface area contributed by atoms with Crippen molar-refractivity contribution in [3.8, 4) is 0 Å². The molecule has 0 aromatic rings. The van der Waals surface area contributed by atoms with Gasteiger partial charge in [-0.15, -0.1) is 0 Å². The van der Waals surface area contributed by atoms with Crippen molar-refractivity contribution in [2.45, 2.75) is 50.5 Å². The zero-order valence-corrected chi connectivity index (χ0v) is 9.34. The number of Topliss-reactive ketones (excluding diaryl/α,β-unsaturated/α-hetero) is 1. The minimum atomic E-state index is -0.569. The quantitative estimate of drug-likeness (QED) is 0.755. The predicted molar refractivity (Wildman–Crippen MR) is 58.6 cm³/mol. The van der Waals surface area contributed by atoms with Gasteiger partial charge in [-0.05, 0) is 25.7 Å². The Labute approximate surface area is 91.4 Å². The van der Waals surface area contributed by atoms with E-state index in [9.17, 15) is 4.79 Å². The van der Waals surface area contributed by atoms with Crippen molar-refractivity contribution in [1.29, 1.82) is 0 Å². The summed E-state index contributed by atoms with van der Waals surface area (Å²) in [5.74, 6) is 0.548. The zero-order valence-electron chi connectivity index (χ0n) is 9.34. The van der Waals surface area contributed by atoms with Gasteiger partial charge in [-0.2, -0.15) is 0 Å². The molecule has 0 unspecified atom stereocenters. The fraction of sp³-hybridized carbons (Fsp3) is 0.917. The summed E-state index contributed by atoms with van der Waals surface area (Å²) in [6, 6.07) is 0. The van der Waals surface area contributed by atoms with Crippen molar-refractivity contribution in [2.24, 2.45) is 11.7 Å².